The minimum atomic E-state index is -0.685. The maximum absolute atomic E-state index is 13.6. The van der Waals surface area contributed by atoms with Gasteiger partial charge in [-0.2, -0.15) is 5.10 Å². The molecule has 0 spiro atoms. The lowest BCUT2D eigenvalue weighted by atomic mass is 10.1. The molecule has 0 aliphatic heterocycles. The number of carbonyl (C=O) groups excluding carboxylic acids is 1. The second kappa shape index (κ2) is 7.68. The number of aromatic nitrogens is 2. The molecule has 0 bridgehead atoms. The van der Waals surface area contributed by atoms with Crippen LogP contribution in [0.25, 0.3) is 0 Å². The molecule has 1 heterocycles. The highest BCUT2D eigenvalue weighted by molar-refractivity contribution is 6.36. The fourth-order valence-corrected chi connectivity index (χ4v) is 2.89. The first-order valence-corrected chi connectivity index (χ1v) is 8.27. The summed E-state index contributed by atoms with van der Waals surface area (Å²) < 4.78 is 15.4. The molecule has 0 aliphatic carbocycles. The van der Waals surface area contributed by atoms with Gasteiger partial charge in [0.25, 0.3) is 5.91 Å². The van der Waals surface area contributed by atoms with Crippen LogP contribution in [0.15, 0.2) is 54.9 Å². The van der Waals surface area contributed by atoms with Gasteiger partial charge in [-0.3, -0.25) is 9.48 Å². The maximum atomic E-state index is 13.6. The third-order valence-corrected chi connectivity index (χ3v) is 4.31. The minimum Gasteiger partial charge on any atom is -0.348 e. The van der Waals surface area contributed by atoms with E-state index in [1.54, 1.807) is 10.9 Å². The lowest BCUT2D eigenvalue weighted by molar-refractivity contribution is 0.0950. The van der Waals surface area contributed by atoms with Crippen LogP contribution in [0.1, 0.15) is 21.5 Å². The molecule has 1 amide bonds. The molecule has 1 aromatic heterocycles. The summed E-state index contributed by atoms with van der Waals surface area (Å²) in [7, 11) is 0. The van der Waals surface area contributed by atoms with Crippen molar-refractivity contribution in [2.45, 2.75) is 13.1 Å². The lowest BCUT2D eigenvalue weighted by Crippen LogP contribution is -2.24. The largest absolute Gasteiger partial charge is 0.348 e. The summed E-state index contributed by atoms with van der Waals surface area (Å²) >= 11 is 11.6. The molecule has 3 aromatic rings. The van der Waals surface area contributed by atoms with E-state index in [0.717, 1.165) is 17.2 Å². The van der Waals surface area contributed by atoms with E-state index in [1.807, 2.05) is 36.5 Å². The Hall–Kier alpha value is -2.37. The molecule has 7 heteroatoms. The minimum absolute atomic E-state index is 0.0492. The first-order chi connectivity index (χ1) is 12.0. The van der Waals surface area contributed by atoms with E-state index in [9.17, 15) is 9.18 Å². The van der Waals surface area contributed by atoms with Gasteiger partial charge in [0.15, 0.2) is 0 Å². The summed E-state index contributed by atoms with van der Waals surface area (Å²) in [6.07, 6.45) is 3.58. The fraction of sp³-hybridized carbons (Fsp3) is 0.111. The van der Waals surface area contributed by atoms with Gasteiger partial charge in [-0.1, -0.05) is 47.5 Å². The van der Waals surface area contributed by atoms with Gasteiger partial charge >= 0.3 is 0 Å². The van der Waals surface area contributed by atoms with E-state index < -0.39 is 11.7 Å². The number of hydrogen-bond donors (Lipinski definition) is 1. The van der Waals surface area contributed by atoms with Gasteiger partial charge in [0, 0.05) is 18.9 Å². The fourth-order valence-electron chi connectivity index (χ4n) is 2.42. The Morgan fingerprint density at radius 1 is 1.12 bits per heavy atom. The highest BCUT2D eigenvalue weighted by atomic mass is 35.5. The van der Waals surface area contributed by atoms with Crippen molar-refractivity contribution in [1.82, 2.24) is 15.1 Å². The highest BCUT2D eigenvalue weighted by Crippen LogP contribution is 2.24. The molecule has 3 rings (SSSR count). The van der Waals surface area contributed by atoms with E-state index in [4.69, 9.17) is 23.2 Å². The first-order valence-electron chi connectivity index (χ1n) is 7.51. The zero-order valence-electron chi connectivity index (χ0n) is 13.0. The number of carbonyl (C=O) groups is 1. The molecule has 25 heavy (non-hydrogen) atoms. The molecule has 2 aromatic carbocycles. The van der Waals surface area contributed by atoms with Crippen LogP contribution in [0.5, 0.6) is 0 Å². The summed E-state index contributed by atoms with van der Waals surface area (Å²) in [5, 5.41) is 6.93. The summed E-state index contributed by atoms with van der Waals surface area (Å²) in [4.78, 5) is 12.3. The summed E-state index contributed by atoms with van der Waals surface area (Å²) in [6, 6.07) is 11.8. The number of halogens is 3. The molecule has 1 N–H and O–H groups in total. The van der Waals surface area contributed by atoms with Crippen LogP contribution in [-0.4, -0.2) is 15.7 Å². The van der Waals surface area contributed by atoms with Gasteiger partial charge in [-0.05, 0) is 29.3 Å². The van der Waals surface area contributed by atoms with Gasteiger partial charge in [-0.15, -0.1) is 0 Å². The quantitative estimate of drug-likeness (QED) is 0.673. The number of hydrogen-bond acceptors (Lipinski definition) is 2. The van der Waals surface area contributed by atoms with Crippen molar-refractivity contribution in [3.05, 3.63) is 87.4 Å². The molecule has 0 unspecified atom stereocenters. The highest BCUT2D eigenvalue weighted by Gasteiger charge is 2.14. The summed E-state index contributed by atoms with van der Waals surface area (Å²) in [6.45, 7) is 0.881. The molecular weight excluding hydrogens is 364 g/mol. The molecule has 0 radical (unpaired) electrons. The monoisotopic (exact) mass is 377 g/mol. The number of nitrogens with zero attached hydrogens (tertiary/aromatic N) is 2. The van der Waals surface area contributed by atoms with Crippen molar-refractivity contribution in [3.63, 3.8) is 0 Å². The number of rotatable bonds is 5. The Labute approximate surface area is 154 Å². The Morgan fingerprint density at radius 3 is 2.60 bits per heavy atom. The van der Waals surface area contributed by atoms with Crippen LogP contribution in [0.4, 0.5) is 4.39 Å². The third-order valence-electron chi connectivity index (χ3n) is 3.70. The molecule has 0 saturated carbocycles. The van der Waals surface area contributed by atoms with Gasteiger partial charge in [0.05, 0.1) is 22.2 Å². The summed E-state index contributed by atoms with van der Waals surface area (Å²) in [5.74, 6) is -1.15. The normalized spacial score (nSPS) is 10.7. The van der Waals surface area contributed by atoms with Crippen molar-refractivity contribution in [3.8, 4) is 0 Å². The number of nitrogens with one attached hydrogen (secondary N) is 1. The molecule has 0 aliphatic rings. The van der Waals surface area contributed by atoms with Gasteiger partial charge in [0.1, 0.15) is 5.82 Å². The Bertz CT molecular complexity index is 897. The zero-order valence-corrected chi connectivity index (χ0v) is 14.6. The second-order valence-corrected chi connectivity index (χ2v) is 6.22. The second-order valence-electron chi connectivity index (χ2n) is 5.40. The van der Waals surface area contributed by atoms with Gasteiger partial charge in [0.2, 0.25) is 0 Å². The van der Waals surface area contributed by atoms with E-state index in [-0.39, 0.29) is 22.2 Å². The van der Waals surface area contributed by atoms with Crippen molar-refractivity contribution in [1.29, 1.82) is 0 Å². The topological polar surface area (TPSA) is 46.9 Å². The van der Waals surface area contributed by atoms with Crippen LogP contribution in [-0.2, 0) is 13.1 Å². The average molecular weight is 378 g/mol. The predicted octanol–water partition coefficient (Wildman–Crippen LogP) is 4.31. The van der Waals surface area contributed by atoms with Crippen LogP contribution in [0, 0.1) is 5.82 Å². The Morgan fingerprint density at radius 2 is 1.88 bits per heavy atom. The molecule has 0 fully saturated rings. The van der Waals surface area contributed by atoms with E-state index >= 15 is 0 Å². The first kappa shape index (κ1) is 17.5. The average Bonchev–Trinajstić information content (AvgIpc) is 3.10. The van der Waals surface area contributed by atoms with Crippen molar-refractivity contribution >= 4 is 29.1 Å². The summed E-state index contributed by atoms with van der Waals surface area (Å²) in [5.41, 5.74) is 2.02. The Balaban J connectivity index is 1.74. The number of benzene rings is 2. The molecule has 4 nitrogen and oxygen atoms in total. The molecule has 0 atom stereocenters. The van der Waals surface area contributed by atoms with Crippen LogP contribution in [0.2, 0.25) is 10.0 Å². The number of amides is 1. The van der Waals surface area contributed by atoms with Crippen LogP contribution < -0.4 is 5.32 Å². The smallest absolute Gasteiger partial charge is 0.253 e. The predicted molar refractivity (Wildman–Crippen MR) is 95.4 cm³/mol. The maximum Gasteiger partial charge on any atom is 0.253 e. The molecular formula is C18H14Cl2FN3O. The van der Waals surface area contributed by atoms with Crippen LogP contribution >= 0.6 is 23.2 Å². The van der Waals surface area contributed by atoms with Crippen molar-refractivity contribution in [2.24, 2.45) is 0 Å². The van der Waals surface area contributed by atoms with Crippen LogP contribution in [0.3, 0.4) is 0 Å². The third kappa shape index (κ3) is 4.18. The van der Waals surface area contributed by atoms with Gasteiger partial charge < -0.3 is 5.32 Å². The standard InChI is InChI=1S/C18H14Cl2FN3O/c19-15-9-16(20)17(21)8-14(15)18(25)22-10-12-4-1-2-5-13(12)11-24-7-3-6-23-24/h1-9H,10-11H2,(H,22,25). The van der Waals surface area contributed by atoms with Gasteiger partial charge in [-0.25, -0.2) is 4.39 Å². The SMILES string of the molecule is O=C(NCc1ccccc1Cn1cccn1)c1cc(F)c(Cl)cc1Cl. The van der Waals surface area contributed by atoms with E-state index in [0.29, 0.717) is 6.54 Å². The molecule has 0 saturated heterocycles. The van der Waals surface area contributed by atoms with E-state index in [2.05, 4.69) is 10.4 Å². The van der Waals surface area contributed by atoms with Crippen molar-refractivity contribution < 1.29 is 9.18 Å². The zero-order chi connectivity index (χ0) is 17.8. The van der Waals surface area contributed by atoms with E-state index in [1.165, 1.54) is 6.07 Å². The lowest BCUT2D eigenvalue weighted by Gasteiger charge is -2.12. The Kier molecular flexibility index (Phi) is 5.36. The molecule has 128 valence electrons. The van der Waals surface area contributed by atoms with Crippen molar-refractivity contribution in [2.75, 3.05) is 0 Å².